The maximum Gasteiger partial charge on any atom is 0.344 e. The molecular weight excluding hydrogens is 406 g/mol. The summed E-state index contributed by atoms with van der Waals surface area (Å²) >= 11 is 0. The minimum Gasteiger partial charge on any atom is -0.482 e. The van der Waals surface area contributed by atoms with Gasteiger partial charge >= 0.3 is 5.97 Å². The molecule has 156 valence electrons. The zero-order valence-electron chi connectivity index (χ0n) is 16.3. The molecule has 7 nitrogen and oxygen atoms in total. The highest BCUT2D eigenvalue weighted by molar-refractivity contribution is 7.92. The predicted molar refractivity (Wildman–Crippen MR) is 112 cm³/mol. The lowest BCUT2D eigenvalue weighted by Crippen LogP contribution is -2.15. The average Bonchev–Trinajstić information content (AvgIpc) is 2.75. The number of ether oxygens (including phenoxy) is 3. The molecule has 0 spiro atoms. The lowest BCUT2D eigenvalue weighted by Gasteiger charge is -2.13. The third kappa shape index (κ3) is 5.74. The van der Waals surface area contributed by atoms with E-state index in [0.29, 0.717) is 22.9 Å². The number of sulfonamides is 1. The molecule has 0 aromatic heterocycles. The third-order valence-electron chi connectivity index (χ3n) is 3.90. The summed E-state index contributed by atoms with van der Waals surface area (Å²) in [6.07, 6.45) is 0. The van der Waals surface area contributed by atoms with Gasteiger partial charge in [0.2, 0.25) is 0 Å². The molecule has 0 aliphatic heterocycles. The maximum absolute atomic E-state index is 12.8. The quantitative estimate of drug-likeness (QED) is 0.514. The summed E-state index contributed by atoms with van der Waals surface area (Å²) in [5.74, 6) is 0.828. The van der Waals surface area contributed by atoms with Crippen LogP contribution < -0.4 is 14.2 Å². The Morgan fingerprint density at radius 1 is 0.867 bits per heavy atom. The van der Waals surface area contributed by atoms with E-state index in [1.165, 1.54) is 24.3 Å². The molecule has 0 heterocycles. The van der Waals surface area contributed by atoms with Gasteiger partial charge in [0.25, 0.3) is 10.0 Å². The van der Waals surface area contributed by atoms with Crippen molar-refractivity contribution in [2.45, 2.75) is 11.8 Å². The van der Waals surface area contributed by atoms with Crippen molar-refractivity contribution in [1.82, 2.24) is 0 Å². The molecular formula is C22H21NO6S. The normalized spacial score (nSPS) is 10.8. The van der Waals surface area contributed by atoms with Gasteiger partial charge in [0.1, 0.15) is 11.5 Å². The van der Waals surface area contributed by atoms with E-state index in [0.717, 1.165) is 0 Å². The van der Waals surface area contributed by atoms with Crippen molar-refractivity contribution in [3.63, 3.8) is 0 Å². The lowest BCUT2D eigenvalue weighted by atomic mass is 10.3. The van der Waals surface area contributed by atoms with Gasteiger partial charge in [-0.15, -0.1) is 0 Å². The molecule has 3 aromatic rings. The van der Waals surface area contributed by atoms with Crippen LogP contribution in [0.5, 0.6) is 17.2 Å². The number of para-hydroxylation sites is 3. The third-order valence-corrected chi connectivity index (χ3v) is 5.28. The number of anilines is 1. The van der Waals surface area contributed by atoms with Gasteiger partial charge in [-0.25, -0.2) is 13.2 Å². The summed E-state index contributed by atoms with van der Waals surface area (Å²) in [7, 11) is -3.86. The Morgan fingerprint density at radius 3 is 2.23 bits per heavy atom. The van der Waals surface area contributed by atoms with Gasteiger partial charge in [-0.1, -0.05) is 30.3 Å². The number of carbonyl (C=O) groups is 1. The molecule has 3 rings (SSSR count). The summed E-state index contributed by atoms with van der Waals surface area (Å²) in [5, 5.41) is 0. The van der Waals surface area contributed by atoms with Crippen LogP contribution in [-0.2, 0) is 19.6 Å². The van der Waals surface area contributed by atoms with Gasteiger partial charge in [0.15, 0.2) is 12.4 Å². The fourth-order valence-corrected chi connectivity index (χ4v) is 3.59. The highest BCUT2D eigenvalue weighted by atomic mass is 32.2. The van der Waals surface area contributed by atoms with Crippen LogP contribution in [0.2, 0.25) is 0 Å². The maximum atomic E-state index is 12.8. The topological polar surface area (TPSA) is 90.9 Å². The number of rotatable bonds is 9. The highest BCUT2D eigenvalue weighted by Crippen LogP contribution is 2.31. The second-order valence-electron chi connectivity index (χ2n) is 6.08. The van der Waals surface area contributed by atoms with E-state index in [1.54, 1.807) is 43.3 Å². The molecule has 3 aromatic carbocycles. The number of benzene rings is 3. The summed E-state index contributed by atoms with van der Waals surface area (Å²) in [6.45, 7) is 1.72. The van der Waals surface area contributed by atoms with Crippen LogP contribution in [0.4, 0.5) is 5.69 Å². The standard InChI is InChI=1S/C22H21NO6S/c1-2-27-22(24)16-28-17-12-14-19(15-13-17)30(25,26)23-20-10-6-7-11-21(20)29-18-8-4-3-5-9-18/h3-15,23H,2,16H2,1H3. The number of hydrogen-bond donors (Lipinski definition) is 1. The van der Waals surface area contributed by atoms with E-state index in [2.05, 4.69) is 4.72 Å². The monoisotopic (exact) mass is 427 g/mol. The summed E-state index contributed by atoms with van der Waals surface area (Å²) < 4.78 is 44.0. The van der Waals surface area contributed by atoms with E-state index >= 15 is 0 Å². The van der Waals surface area contributed by atoms with Crippen LogP contribution in [0.3, 0.4) is 0 Å². The first kappa shape index (κ1) is 21.2. The van der Waals surface area contributed by atoms with Crippen LogP contribution in [0.15, 0.2) is 83.8 Å². The Hall–Kier alpha value is -3.52. The minimum atomic E-state index is -3.86. The van der Waals surface area contributed by atoms with Crippen LogP contribution in [0, 0.1) is 0 Å². The van der Waals surface area contributed by atoms with Gasteiger partial charge in [-0.3, -0.25) is 4.72 Å². The predicted octanol–water partition coefficient (Wildman–Crippen LogP) is 4.22. The zero-order chi connectivity index (χ0) is 21.4. The molecule has 0 atom stereocenters. The van der Waals surface area contributed by atoms with Crippen molar-refractivity contribution in [2.24, 2.45) is 0 Å². The van der Waals surface area contributed by atoms with E-state index in [1.807, 2.05) is 18.2 Å². The first-order valence-electron chi connectivity index (χ1n) is 9.21. The minimum absolute atomic E-state index is 0.0421. The Bertz CT molecular complexity index is 1080. The molecule has 0 unspecified atom stereocenters. The van der Waals surface area contributed by atoms with E-state index in [9.17, 15) is 13.2 Å². The van der Waals surface area contributed by atoms with Gasteiger partial charge in [0, 0.05) is 0 Å². The molecule has 0 aliphatic rings. The van der Waals surface area contributed by atoms with E-state index in [4.69, 9.17) is 14.2 Å². The number of esters is 1. The number of hydrogen-bond acceptors (Lipinski definition) is 6. The Balaban J connectivity index is 1.72. The van der Waals surface area contributed by atoms with Crippen molar-refractivity contribution in [3.8, 4) is 17.2 Å². The summed E-state index contributed by atoms with van der Waals surface area (Å²) in [6, 6.07) is 21.6. The SMILES string of the molecule is CCOC(=O)COc1ccc(S(=O)(=O)Nc2ccccc2Oc2ccccc2)cc1. The van der Waals surface area contributed by atoms with Crippen molar-refractivity contribution in [1.29, 1.82) is 0 Å². The van der Waals surface area contributed by atoms with Crippen molar-refractivity contribution >= 4 is 21.7 Å². The molecule has 0 saturated carbocycles. The van der Waals surface area contributed by atoms with Crippen LogP contribution in [0.25, 0.3) is 0 Å². The molecule has 0 aliphatic carbocycles. The van der Waals surface area contributed by atoms with Gasteiger partial charge < -0.3 is 14.2 Å². The average molecular weight is 427 g/mol. The summed E-state index contributed by atoms with van der Waals surface area (Å²) in [4.78, 5) is 11.4. The largest absolute Gasteiger partial charge is 0.482 e. The Morgan fingerprint density at radius 2 is 1.53 bits per heavy atom. The van der Waals surface area contributed by atoms with Gasteiger partial charge in [0.05, 0.1) is 17.2 Å². The van der Waals surface area contributed by atoms with Crippen LogP contribution in [-0.4, -0.2) is 27.6 Å². The fraction of sp³-hybridized carbons (Fsp3) is 0.136. The van der Waals surface area contributed by atoms with Gasteiger partial charge in [-0.05, 0) is 55.5 Å². The fourth-order valence-electron chi connectivity index (χ4n) is 2.52. The van der Waals surface area contributed by atoms with Crippen LogP contribution >= 0.6 is 0 Å². The van der Waals surface area contributed by atoms with Crippen molar-refractivity contribution in [3.05, 3.63) is 78.9 Å². The molecule has 0 bridgehead atoms. The molecule has 0 saturated heterocycles. The van der Waals surface area contributed by atoms with Crippen molar-refractivity contribution in [2.75, 3.05) is 17.9 Å². The first-order chi connectivity index (χ1) is 14.5. The smallest absolute Gasteiger partial charge is 0.344 e. The van der Waals surface area contributed by atoms with Crippen molar-refractivity contribution < 1.29 is 27.4 Å². The Kier molecular flexibility index (Phi) is 6.92. The molecule has 0 amide bonds. The molecule has 8 heteroatoms. The molecule has 0 fully saturated rings. The first-order valence-corrected chi connectivity index (χ1v) is 10.7. The molecule has 30 heavy (non-hydrogen) atoms. The molecule has 1 N–H and O–H groups in total. The number of nitrogens with one attached hydrogen (secondary N) is 1. The molecule has 0 radical (unpaired) electrons. The summed E-state index contributed by atoms with van der Waals surface area (Å²) in [5.41, 5.74) is 0.309. The number of carbonyl (C=O) groups excluding carboxylic acids is 1. The highest BCUT2D eigenvalue weighted by Gasteiger charge is 2.17. The second-order valence-corrected chi connectivity index (χ2v) is 7.76. The van der Waals surface area contributed by atoms with Crippen LogP contribution in [0.1, 0.15) is 6.92 Å². The zero-order valence-corrected chi connectivity index (χ0v) is 17.1. The van der Waals surface area contributed by atoms with E-state index in [-0.39, 0.29) is 18.1 Å². The Labute approximate surface area is 175 Å². The second kappa shape index (κ2) is 9.80. The lowest BCUT2D eigenvalue weighted by molar-refractivity contribution is -0.145. The van der Waals surface area contributed by atoms with Gasteiger partial charge in [-0.2, -0.15) is 0 Å². The van der Waals surface area contributed by atoms with E-state index < -0.39 is 16.0 Å².